The fraction of sp³-hybridized carbons (Fsp3) is 0.250. The molecule has 0 aliphatic heterocycles. The van der Waals surface area contributed by atoms with Gasteiger partial charge in [-0.3, -0.25) is 0 Å². The second-order valence-corrected chi connectivity index (χ2v) is 9.85. The van der Waals surface area contributed by atoms with E-state index in [0.717, 1.165) is 45.8 Å². The third-order valence-electron chi connectivity index (χ3n) is 4.40. The lowest BCUT2D eigenvalue weighted by Gasteiger charge is -2.16. The molecule has 1 atom stereocenters. The van der Waals surface area contributed by atoms with Gasteiger partial charge in [0.15, 0.2) is 0 Å². The third kappa shape index (κ3) is 5.38. The number of hydrogen-bond donors (Lipinski definition) is 3. The van der Waals surface area contributed by atoms with Gasteiger partial charge >= 0.3 is 0 Å². The number of hydrogen-bond acceptors (Lipinski definition) is 10. The van der Waals surface area contributed by atoms with Gasteiger partial charge in [0.2, 0.25) is 5.13 Å². The van der Waals surface area contributed by atoms with Crippen LogP contribution >= 0.6 is 46.2 Å². The Morgan fingerprint density at radius 3 is 2.73 bits per heavy atom. The number of thiazole rings is 1. The number of thiophene rings is 1. The Kier molecular flexibility index (Phi) is 7.34. The highest BCUT2D eigenvalue weighted by Crippen LogP contribution is 2.32. The van der Waals surface area contributed by atoms with Gasteiger partial charge in [0.1, 0.15) is 22.2 Å². The fourth-order valence-electron chi connectivity index (χ4n) is 2.96. The van der Waals surface area contributed by atoms with Crippen LogP contribution in [0.25, 0.3) is 9.88 Å². The van der Waals surface area contributed by atoms with Gasteiger partial charge in [0.25, 0.3) is 0 Å². The van der Waals surface area contributed by atoms with Crippen LogP contribution in [0, 0.1) is 0 Å². The van der Waals surface area contributed by atoms with Crippen LogP contribution < -0.4 is 10.0 Å². The van der Waals surface area contributed by atoms with E-state index in [2.05, 4.69) is 56.1 Å². The van der Waals surface area contributed by atoms with Crippen LogP contribution in [0.2, 0.25) is 0 Å². The molecule has 10 heteroatoms. The molecule has 0 saturated heterocycles. The summed E-state index contributed by atoms with van der Waals surface area (Å²) in [5, 5.41) is 19.3. The number of nitrogens with zero attached hydrogens (tertiary/aromatic N) is 3. The SMILES string of the molecule is CCCc1nnc(N[C@@H](Cc2ccc(NSO)cc2)c2csc(-c3cccs3)n2)s1. The minimum Gasteiger partial charge on any atom is -0.351 e. The molecule has 0 saturated carbocycles. The Hall–Kier alpha value is -1.98. The molecule has 4 aromatic rings. The normalized spacial score (nSPS) is 12.1. The van der Waals surface area contributed by atoms with Gasteiger partial charge in [-0.2, -0.15) is 0 Å². The van der Waals surface area contributed by atoms with Crippen LogP contribution in [0.3, 0.4) is 0 Å². The number of benzene rings is 1. The second kappa shape index (κ2) is 10.4. The first-order valence-electron chi connectivity index (χ1n) is 9.48. The lowest BCUT2D eigenvalue weighted by molar-refractivity contribution is 0.668. The van der Waals surface area contributed by atoms with Crippen molar-refractivity contribution in [3.8, 4) is 9.88 Å². The zero-order valence-electron chi connectivity index (χ0n) is 16.2. The Balaban J connectivity index is 1.57. The summed E-state index contributed by atoms with van der Waals surface area (Å²) < 4.78 is 11.8. The van der Waals surface area contributed by atoms with E-state index in [1.54, 1.807) is 34.0 Å². The van der Waals surface area contributed by atoms with Crippen LogP contribution in [0.1, 0.15) is 35.7 Å². The van der Waals surface area contributed by atoms with Crippen molar-refractivity contribution in [2.45, 2.75) is 32.2 Å². The first-order chi connectivity index (χ1) is 14.7. The smallest absolute Gasteiger partial charge is 0.206 e. The van der Waals surface area contributed by atoms with Gasteiger partial charge in [-0.25, -0.2) is 4.98 Å². The van der Waals surface area contributed by atoms with Gasteiger partial charge in [-0.15, -0.1) is 32.9 Å². The van der Waals surface area contributed by atoms with Crippen molar-refractivity contribution >= 4 is 57.1 Å². The zero-order valence-corrected chi connectivity index (χ0v) is 19.5. The van der Waals surface area contributed by atoms with E-state index in [1.807, 2.05) is 18.2 Å². The highest BCUT2D eigenvalue weighted by Gasteiger charge is 2.19. The van der Waals surface area contributed by atoms with Gasteiger partial charge in [0.05, 0.1) is 16.6 Å². The zero-order chi connectivity index (χ0) is 20.8. The van der Waals surface area contributed by atoms with E-state index in [0.29, 0.717) is 12.2 Å². The number of aryl methyl sites for hydroxylation is 1. The molecule has 4 rings (SSSR count). The maximum Gasteiger partial charge on any atom is 0.206 e. The summed E-state index contributed by atoms with van der Waals surface area (Å²) in [7, 11) is 0. The van der Waals surface area contributed by atoms with E-state index in [9.17, 15) is 0 Å². The lowest BCUT2D eigenvalue weighted by atomic mass is 10.0. The quantitative estimate of drug-likeness (QED) is 0.176. The molecule has 0 unspecified atom stereocenters. The summed E-state index contributed by atoms with van der Waals surface area (Å²) in [5.74, 6) is 0. The van der Waals surface area contributed by atoms with E-state index in [4.69, 9.17) is 9.54 Å². The Bertz CT molecular complexity index is 1050. The number of rotatable bonds is 10. The predicted octanol–water partition coefficient (Wildman–Crippen LogP) is 6.60. The van der Waals surface area contributed by atoms with E-state index in [-0.39, 0.29) is 6.04 Å². The molecule has 0 amide bonds. The van der Waals surface area contributed by atoms with Crippen molar-refractivity contribution in [2.24, 2.45) is 0 Å². The first-order valence-corrected chi connectivity index (χ1v) is 12.8. The lowest BCUT2D eigenvalue weighted by Crippen LogP contribution is -2.14. The summed E-state index contributed by atoms with van der Waals surface area (Å²) in [6.07, 6.45) is 2.77. The molecule has 3 aromatic heterocycles. The standard InChI is InChI=1S/C20H21N5OS4/c1-2-4-18-23-24-20(29-18)22-15(11-13-6-8-14(9-7-13)25-30-26)16-12-28-19(21-16)17-5-3-10-27-17/h3,5-10,12,15,25-26H,2,4,11H2,1H3,(H,22,24)/t15-/m0/s1. The van der Waals surface area contributed by atoms with Gasteiger partial charge in [0, 0.05) is 17.5 Å². The molecule has 0 aliphatic carbocycles. The van der Waals surface area contributed by atoms with Gasteiger partial charge < -0.3 is 14.6 Å². The molecule has 0 bridgehead atoms. The topological polar surface area (TPSA) is 83.0 Å². The Morgan fingerprint density at radius 2 is 2.00 bits per heavy atom. The van der Waals surface area contributed by atoms with Crippen molar-refractivity contribution in [1.82, 2.24) is 15.2 Å². The maximum atomic E-state index is 8.95. The molecule has 156 valence electrons. The van der Waals surface area contributed by atoms with Crippen LogP contribution in [0.5, 0.6) is 0 Å². The van der Waals surface area contributed by atoms with Crippen LogP contribution in [0.4, 0.5) is 10.8 Å². The number of anilines is 2. The molecule has 1 aromatic carbocycles. The number of aromatic nitrogens is 3. The van der Waals surface area contributed by atoms with Crippen molar-refractivity contribution in [2.75, 3.05) is 10.0 Å². The molecule has 0 fully saturated rings. The minimum atomic E-state index is -0.0107. The molecular weight excluding hydrogens is 455 g/mol. The molecule has 6 nitrogen and oxygen atoms in total. The van der Waals surface area contributed by atoms with Crippen molar-refractivity contribution in [3.05, 3.63) is 63.4 Å². The third-order valence-corrected chi connectivity index (χ3v) is 7.54. The summed E-state index contributed by atoms with van der Waals surface area (Å²) >= 11 is 5.57. The number of nitrogens with one attached hydrogen (secondary N) is 2. The van der Waals surface area contributed by atoms with E-state index in [1.165, 1.54) is 10.4 Å². The summed E-state index contributed by atoms with van der Waals surface area (Å²) in [4.78, 5) is 6.09. The average molecular weight is 476 g/mol. The van der Waals surface area contributed by atoms with Crippen LogP contribution in [-0.4, -0.2) is 19.7 Å². The Morgan fingerprint density at radius 1 is 1.13 bits per heavy atom. The fourth-order valence-corrected chi connectivity index (χ4v) is 5.79. The summed E-state index contributed by atoms with van der Waals surface area (Å²) in [5.41, 5.74) is 3.03. The van der Waals surface area contributed by atoms with Crippen molar-refractivity contribution in [1.29, 1.82) is 0 Å². The highest BCUT2D eigenvalue weighted by molar-refractivity contribution is 7.95. The molecule has 0 radical (unpaired) electrons. The van der Waals surface area contributed by atoms with Crippen LogP contribution in [0.15, 0.2) is 47.2 Å². The largest absolute Gasteiger partial charge is 0.351 e. The van der Waals surface area contributed by atoms with Gasteiger partial charge in [-0.1, -0.05) is 36.5 Å². The predicted molar refractivity (Wildman–Crippen MR) is 130 cm³/mol. The summed E-state index contributed by atoms with van der Waals surface area (Å²) in [6, 6.07) is 12.2. The van der Waals surface area contributed by atoms with E-state index >= 15 is 0 Å². The maximum absolute atomic E-state index is 8.95. The monoisotopic (exact) mass is 475 g/mol. The van der Waals surface area contributed by atoms with Crippen molar-refractivity contribution in [3.63, 3.8) is 0 Å². The minimum absolute atomic E-state index is 0.0107. The van der Waals surface area contributed by atoms with Gasteiger partial charge in [-0.05, 0) is 42.0 Å². The van der Waals surface area contributed by atoms with Crippen LogP contribution in [-0.2, 0) is 12.8 Å². The molecule has 30 heavy (non-hydrogen) atoms. The average Bonchev–Trinajstić information content (AvgIpc) is 3.51. The highest BCUT2D eigenvalue weighted by atomic mass is 32.2. The summed E-state index contributed by atoms with van der Waals surface area (Å²) in [6.45, 7) is 2.15. The molecule has 0 aliphatic rings. The molecule has 0 spiro atoms. The van der Waals surface area contributed by atoms with E-state index < -0.39 is 0 Å². The molecule has 3 N–H and O–H groups in total. The molecular formula is C20H21N5OS4. The van der Waals surface area contributed by atoms with Crippen molar-refractivity contribution < 1.29 is 4.55 Å². The first kappa shape index (κ1) is 21.3. The Labute approximate surface area is 191 Å². The second-order valence-electron chi connectivity index (χ2n) is 6.60. The molecule has 3 heterocycles.